The van der Waals surface area contributed by atoms with E-state index in [0.29, 0.717) is 5.56 Å². The van der Waals surface area contributed by atoms with E-state index in [4.69, 9.17) is 0 Å². The molecule has 1 aromatic carbocycles. The molecular formula is C10H10FN3O2S. The van der Waals surface area contributed by atoms with Gasteiger partial charge in [-0.3, -0.25) is 9.82 Å². The number of hydrogen-bond acceptors (Lipinski definition) is 3. The maximum atomic E-state index is 13.1. The molecule has 0 aliphatic heterocycles. The van der Waals surface area contributed by atoms with Crippen molar-refractivity contribution in [2.75, 3.05) is 4.72 Å². The van der Waals surface area contributed by atoms with Gasteiger partial charge in [0.05, 0.1) is 11.9 Å². The molecule has 17 heavy (non-hydrogen) atoms. The van der Waals surface area contributed by atoms with Crippen LogP contribution in [0.4, 0.5) is 10.1 Å². The molecule has 2 rings (SSSR count). The van der Waals surface area contributed by atoms with E-state index >= 15 is 0 Å². The number of anilines is 1. The Hall–Kier alpha value is -1.89. The molecule has 90 valence electrons. The molecule has 0 bridgehead atoms. The average Bonchev–Trinajstić information content (AvgIpc) is 2.67. The SMILES string of the molecule is Cc1cc(F)cc(NS(=O)(=O)c2ccn[nH]2)c1. The highest BCUT2D eigenvalue weighted by Crippen LogP contribution is 2.17. The van der Waals surface area contributed by atoms with Gasteiger partial charge in [-0.1, -0.05) is 0 Å². The standard InChI is InChI=1S/C10H10FN3O2S/c1-7-4-8(11)6-9(5-7)14-17(15,16)10-2-3-12-13-10/h2-6,14H,1H3,(H,12,13). The first-order valence-electron chi connectivity index (χ1n) is 4.77. The highest BCUT2D eigenvalue weighted by atomic mass is 32.2. The second-order valence-corrected chi connectivity index (χ2v) is 5.19. The molecule has 2 N–H and O–H groups in total. The molecular weight excluding hydrogens is 245 g/mol. The summed E-state index contributed by atoms with van der Waals surface area (Å²) < 4.78 is 38.9. The first-order valence-corrected chi connectivity index (χ1v) is 6.25. The van der Waals surface area contributed by atoms with Crippen molar-refractivity contribution in [1.29, 1.82) is 0 Å². The van der Waals surface area contributed by atoms with Gasteiger partial charge in [0.2, 0.25) is 0 Å². The number of aromatic amines is 1. The topological polar surface area (TPSA) is 74.8 Å². The summed E-state index contributed by atoms with van der Waals surface area (Å²) in [6.07, 6.45) is 1.32. The van der Waals surface area contributed by atoms with Crippen molar-refractivity contribution in [2.24, 2.45) is 0 Å². The van der Waals surface area contributed by atoms with Crippen LogP contribution in [0.2, 0.25) is 0 Å². The number of H-pyrrole nitrogens is 1. The molecule has 2 aromatic rings. The summed E-state index contributed by atoms with van der Waals surface area (Å²) >= 11 is 0. The summed E-state index contributed by atoms with van der Waals surface area (Å²) in [6.45, 7) is 1.68. The Kier molecular flexibility index (Phi) is 2.84. The quantitative estimate of drug-likeness (QED) is 0.875. The summed E-state index contributed by atoms with van der Waals surface area (Å²) in [4.78, 5) is 0. The Morgan fingerprint density at radius 2 is 2.12 bits per heavy atom. The molecule has 0 aliphatic carbocycles. The van der Waals surface area contributed by atoms with Gasteiger partial charge in [0.25, 0.3) is 10.0 Å². The first kappa shape index (κ1) is 11.6. The van der Waals surface area contributed by atoms with Gasteiger partial charge in [-0.2, -0.15) is 13.5 Å². The largest absolute Gasteiger partial charge is 0.278 e. The number of aromatic nitrogens is 2. The Morgan fingerprint density at radius 3 is 2.71 bits per heavy atom. The van der Waals surface area contributed by atoms with Crippen LogP contribution >= 0.6 is 0 Å². The van der Waals surface area contributed by atoms with Crippen LogP contribution in [0.3, 0.4) is 0 Å². The van der Waals surface area contributed by atoms with Crippen molar-refractivity contribution in [3.05, 3.63) is 41.8 Å². The molecule has 0 saturated heterocycles. The normalized spacial score (nSPS) is 11.4. The third-order valence-corrected chi connectivity index (χ3v) is 3.37. The van der Waals surface area contributed by atoms with Crippen LogP contribution in [0.15, 0.2) is 35.5 Å². The molecule has 0 atom stereocenters. The molecule has 0 amide bonds. The van der Waals surface area contributed by atoms with Gasteiger partial charge in [0, 0.05) is 0 Å². The van der Waals surface area contributed by atoms with Crippen LogP contribution in [0, 0.1) is 12.7 Å². The van der Waals surface area contributed by atoms with E-state index in [1.165, 1.54) is 24.4 Å². The maximum absolute atomic E-state index is 13.1. The van der Waals surface area contributed by atoms with E-state index < -0.39 is 15.8 Å². The lowest BCUT2D eigenvalue weighted by atomic mass is 10.2. The Bertz CT molecular complexity index is 603. The average molecular weight is 255 g/mol. The number of aryl methyl sites for hydroxylation is 1. The molecule has 0 saturated carbocycles. The minimum absolute atomic E-state index is 0.0700. The van der Waals surface area contributed by atoms with E-state index in [1.54, 1.807) is 6.92 Å². The molecule has 0 spiro atoms. The summed E-state index contributed by atoms with van der Waals surface area (Å²) in [5.41, 5.74) is 0.810. The molecule has 1 heterocycles. The number of rotatable bonds is 3. The summed E-state index contributed by atoms with van der Waals surface area (Å²) in [5, 5.41) is 5.81. The van der Waals surface area contributed by atoms with Crippen molar-refractivity contribution in [3.8, 4) is 0 Å². The fourth-order valence-corrected chi connectivity index (χ4v) is 2.35. The third-order valence-electron chi connectivity index (χ3n) is 2.06. The lowest BCUT2D eigenvalue weighted by molar-refractivity contribution is 0.597. The minimum atomic E-state index is -3.74. The van der Waals surface area contributed by atoms with Crippen molar-refractivity contribution in [3.63, 3.8) is 0 Å². The van der Waals surface area contributed by atoms with Gasteiger partial charge < -0.3 is 0 Å². The number of nitrogens with one attached hydrogen (secondary N) is 2. The van der Waals surface area contributed by atoms with Crippen LogP contribution in [0.1, 0.15) is 5.56 Å². The lowest BCUT2D eigenvalue weighted by Gasteiger charge is -2.07. The van der Waals surface area contributed by atoms with E-state index in [2.05, 4.69) is 14.9 Å². The second-order valence-electron chi connectivity index (χ2n) is 3.54. The van der Waals surface area contributed by atoms with Crippen molar-refractivity contribution >= 4 is 15.7 Å². The Morgan fingerprint density at radius 1 is 1.35 bits per heavy atom. The van der Waals surface area contributed by atoms with Gasteiger partial charge in [0.1, 0.15) is 5.82 Å². The van der Waals surface area contributed by atoms with Gasteiger partial charge in [-0.05, 0) is 36.8 Å². The van der Waals surface area contributed by atoms with Crippen molar-refractivity contribution in [1.82, 2.24) is 10.2 Å². The smallest absolute Gasteiger partial charge is 0.278 e. The number of sulfonamides is 1. The number of nitrogens with zero attached hydrogens (tertiary/aromatic N) is 1. The van der Waals surface area contributed by atoms with Crippen molar-refractivity contribution in [2.45, 2.75) is 11.9 Å². The lowest BCUT2D eigenvalue weighted by Crippen LogP contribution is -2.13. The zero-order valence-corrected chi connectivity index (χ0v) is 9.75. The molecule has 1 aromatic heterocycles. The Labute approximate surface area is 97.7 Å². The number of hydrogen-bond donors (Lipinski definition) is 2. The highest BCUT2D eigenvalue weighted by Gasteiger charge is 2.15. The van der Waals surface area contributed by atoms with E-state index in [0.717, 1.165) is 6.07 Å². The zero-order chi connectivity index (χ0) is 12.5. The predicted octanol–water partition coefficient (Wildman–Crippen LogP) is 1.66. The molecule has 5 nitrogen and oxygen atoms in total. The maximum Gasteiger partial charge on any atom is 0.278 e. The van der Waals surface area contributed by atoms with Crippen LogP contribution in [-0.2, 0) is 10.0 Å². The van der Waals surface area contributed by atoms with E-state index in [-0.39, 0.29) is 10.7 Å². The zero-order valence-electron chi connectivity index (χ0n) is 8.94. The molecule has 7 heteroatoms. The summed E-state index contributed by atoms with van der Waals surface area (Å²) in [5.74, 6) is -0.493. The van der Waals surface area contributed by atoms with Crippen LogP contribution < -0.4 is 4.72 Å². The van der Waals surface area contributed by atoms with Crippen LogP contribution in [-0.4, -0.2) is 18.6 Å². The van der Waals surface area contributed by atoms with Gasteiger partial charge in [-0.25, -0.2) is 4.39 Å². The first-order chi connectivity index (χ1) is 7.97. The van der Waals surface area contributed by atoms with Gasteiger partial charge >= 0.3 is 0 Å². The van der Waals surface area contributed by atoms with Crippen LogP contribution in [0.5, 0.6) is 0 Å². The van der Waals surface area contributed by atoms with Gasteiger partial charge in [0.15, 0.2) is 5.03 Å². The van der Waals surface area contributed by atoms with E-state index in [9.17, 15) is 12.8 Å². The predicted molar refractivity (Wildman–Crippen MR) is 60.5 cm³/mol. The summed E-state index contributed by atoms with van der Waals surface area (Å²) in [6, 6.07) is 5.28. The molecule has 0 fully saturated rings. The third kappa shape index (κ3) is 2.62. The highest BCUT2D eigenvalue weighted by molar-refractivity contribution is 7.92. The van der Waals surface area contributed by atoms with Crippen LogP contribution in [0.25, 0.3) is 0 Å². The summed E-state index contributed by atoms with van der Waals surface area (Å²) in [7, 11) is -3.74. The monoisotopic (exact) mass is 255 g/mol. The fourth-order valence-electron chi connectivity index (χ4n) is 1.40. The Balaban J connectivity index is 2.33. The van der Waals surface area contributed by atoms with Gasteiger partial charge in [-0.15, -0.1) is 0 Å². The molecule has 0 radical (unpaired) electrons. The number of benzene rings is 1. The molecule has 0 aliphatic rings. The van der Waals surface area contributed by atoms with E-state index in [1.807, 2.05) is 0 Å². The van der Waals surface area contributed by atoms with Crippen molar-refractivity contribution < 1.29 is 12.8 Å². The fraction of sp³-hybridized carbons (Fsp3) is 0.100. The molecule has 0 unspecified atom stereocenters. The number of halogens is 1. The minimum Gasteiger partial charge on any atom is -0.278 e. The second kappa shape index (κ2) is 4.17.